The van der Waals surface area contributed by atoms with Gasteiger partial charge in [-0.15, -0.1) is 0 Å². The van der Waals surface area contributed by atoms with Crippen molar-refractivity contribution in [2.75, 3.05) is 0 Å². The lowest BCUT2D eigenvalue weighted by atomic mass is 9.94. The van der Waals surface area contributed by atoms with Crippen LogP contribution in [0.4, 0.5) is 22.0 Å². The Hall–Kier alpha value is -2.19. The molecule has 20 heavy (non-hydrogen) atoms. The number of rotatable bonds is 4. The Balaban J connectivity index is 3.42. The maximum atomic E-state index is 13.1. The van der Waals surface area contributed by atoms with E-state index in [1.807, 2.05) is 0 Å². The first-order valence-corrected chi connectivity index (χ1v) is 5.13. The van der Waals surface area contributed by atoms with E-state index in [-0.39, 0.29) is 0 Å². The summed E-state index contributed by atoms with van der Waals surface area (Å²) in [5.41, 5.74) is 7.75. The second-order valence-corrected chi connectivity index (χ2v) is 3.94. The van der Waals surface area contributed by atoms with Gasteiger partial charge in [0.15, 0.2) is 0 Å². The molecule has 0 atom stereocenters. The zero-order chi connectivity index (χ0) is 15.7. The normalized spacial score (nSPS) is 12.2. The van der Waals surface area contributed by atoms with Gasteiger partial charge in [-0.25, -0.2) is 0 Å². The number of benzene rings is 1. The molecular weight excluding hydrogens is 287 g/mol. The van der Waals surface area contributed by atoms with Crippen LogP contribution < -0.4 is 11.5 Å². The molecule has 0 bridgehead atoms. The highest BCUT2D eigenvalue weighted by atomic mass is 19.4. The quantitative estimate of drug-likeness (QED) is 0.827. The molecule has 0 aliphatic rings. The standard InChI is InChI=1S/C11H9F5N2O2/c12-10(13,11(14,15)16)4-7-5(8(17)19)2-1-3-6(7)9(18)20/h1-3H,4H2,(H2,17,19)(H2,18,20). The number of hydrogen-bond acceptors (Lipinski definition) is 2. The number of carbonyl (C=O) groups excluding carboxylic acids is 2. The monoisotopic (exact) mass is 296 g/mol. The van der Waals surface area contributed by atoms with Gasteiger partial charge < -0.3 is 11.5 Å². The molecule has 0 heterocycles. The molecule has 0 spiro atoms. The Kier molecular flexibility index (Phi) is 4.02. The highest BCUT2D eigenvalue weighted by Crippen LogP contribution is 2.39. The summed E-state index contributed by atoms with van der Waals surface area (Å²) in [5, 5.41) is 0. The summed E-state index contributed by atoms with van der Waals surface area (Å²) in [7, 11) is 0. The van der Waals surface area contributed by atoms with Crippen molar-refractivity contribution in [1.82, 2.24) is 0 Å². The first kappa shape index (κ1) is 15.9. The first-order chi connectivity index (χ1) is 8.97. The second-order valence-electron chi connectivity index (χ2n) is 3.94. The largest absolute Gasteiger partial charge is 0.453 e. The number of alkyl halides is 5. The van der Waals surface area contributed by atoms with Crippen LogP contribution in [0, 0.1) is 0 Å². The van der Waals surface area contributed by atoms with Crippen LogP contribution >= 0.6 is 0 Å². The number of hydrogen-bond donors (Lipinski definition) is 2. The average Bonchev–Trinajstić information content (AvgIpc) is 2.26. The molecule has 0 aliphatic heterocycles. The summed E-state index contributed by atoms with van der Waals surface area (Å²) < 4.78 is 62.8. The van der Waals surface area contributed by atoms with Gasteiger partial charge in [0.2, 0.25) is 11.8 Å². The minimum atomic E-state index is -5.83. The molecule has 1 aromatic rings. The van der Waals surface area contributed by atoms with Crippen molar-refractivity contribution in [3.63, 3.8) is 0 Å². The minimum absolute atomic E-state index is 0.606. The minimum Gasteiger partial charge on any atom is -0.366 e. The molecule has 9 heteroatoms. The third kappa shape index (κ3) is 3.03. The van der Waals surface area contributed by atoms with E-state index < -0.39 is 47.0 Å². The van der Waals surface area contributed by atoms with E-state index in [4.69, 9.17) is 11.5 Å². The molecule has 2 amide bonds. The van der Waals surface area contributed by atoms with E-state index in [0.29, 0.717) is 0 Å². The SMILES string of the molecule is NC(=O)c1cccc(C(N)=O)c1CC(F)(F)C(F)(F)F. The average molecular weight is 296 g/mol. The highest BCUT2D eigenvalue weighted by molar-refractivity contribution is 6.01. The summed E-state index contributed by atoms with van der Waals surface area (Å²) >= 11 is 0. The van der Waals surface area contributed by atoms with Crippen molar-refractivity contribution in [1.29, 1.82) is 0 Å². The van der Waals surface area contributed by atoms with Gasteiger partial charge in [0.05, 0.1) is 0 Å². The summed E-state index contributed by atoms with van der Waals surface area (Å²) in [6, 6.07) is 2.99. The van der Waals surface area contributed by atoms with Crippen molar-refractivity contribution >= 4 is 11.8 Å². The number of primary amides is 2. The molecule has 0 saturated carbocycles. The van der Waals surface area contributed by atoms with Crippen molar-refractivity contribution in [3.05, 3.63) is 34.9 Å². The molecule has 1 rings (SSSR count). The molecule has 0 fully saturated rings. The Morgan fingerprint density at radius 2 is 1.35 bits per heavy atom. The summed E-state index contributed by atoms with van der Waals surface area (Å²) in [4.78, 5) is 22.2. The third-order valence-corrected chi connectivity index (χ3v) is 2.52. The van der Waals surface area contributed by atoms with Crippen molar-refractivity contribution in [2.24, 2.45) is 11.5 Å². The van der Waals surface area contributed by atoms with E-state index in [9.17, 15) is 31.5 Å². The topological polar surface area (TPSA) is 86.2 Å². The second kappa shape index (κ2) is 5.06. The zero-order valence-corrected chi connectivity index (χ0v) is 9.80. The molecular formula is C11H9F5N2O2. The lowest BCUT2D eigenvalue weighted by Crippen LogP contribution is -2.39. The van der Waals surface area contributed by atoms with Crippen LogP contribution in [0.15, 0.2) is 18.2 Å². The maximum absolute atomic E-state index is 13.1. The van der Waals surface area contributed by atoms with Gasteiger partial charge in [0.1, 0.15) is 0 Å². The Labute approximate surface area is 109 Å². The predicted octanol–water partition coefficient (Wildman–Crippen LogP) is 1.62. The zero-order valence-electron chi connectivity index (χ0n) is 9.80. The van der Waals surface area contributed by atoms with Crippen LogP contribution in [-0.2, 0) is 6.42 Å². The van der Waals surface area contributed by atoms with Gasteiger partial charge in [0, 0.05) is 17.5 Å². The summed E-state index contributed by atoms with van der Waals surface area (Å²) in [6.07, 6.45) is -7.72. The maximum Gasteiger partial charge on any atom is 0.453 e. The Bertz CT molecular complexity index is 522. The fourth-order valence-corrected chi connectivity index (χ4v) is 1.56. The van der Waals surface area contributed by atoms with Crippen LogP contribution in [0.2, 0.25) is 0 Å². The van der Waals surface area contributed by atoms with Crippen LogP contribution in [0.25, 0.3) is 0 Å². The molecule has 0 aromatic heterocycles. The van der Waals surface area contributed by atoms with E-state index in [2.05, 4.69) is 0 Å². The molecule has 1 aromatic carbocycles. The van der Waals surface area contributed by atoms with E-state index in [1.54, 1.807) is 0 Å². The number of halogens is 5. The van der Waals surface area contributed by atoms with Gasteiger partial charge in [0.25, 0.3) is 0 Å². The number of nitrogens with two attached hydrogens (primary N) is 2. The van der Waals surface area contributed by atoms with E-state index in [1.165, 1.54) is 0 Å². The highest BCUT2D eigenvalue weighted by Gasteiger charge is 2.57. The molecule has 0 unspecified atom stereocenters. The van der Waals surface area contributed by atoms with Crippen molar-refractivity contribution in [3.8, 4) is 0 Å². The van der Waals surface area contributed by atoms with Crippen molar-refractivity contribution in [2.45, 2.75) is 18.5 Å². The molecule has 4 nitrogen and oxygen atoms in total. The van der Waals surface area contributed by atoms with Crippen molar-refractivity contribution < 1.29 is 31.5 Å². The van der Waals surface area contributed by atoms with Gasteiger partial charge in [-0.05, 0) is 17.7 Å². The lowest BCUT2D eigenvalue weighted by Gasteiger charge is -2.21. The third-order valence-electron chi connectivity index (χ3n) is 2.52. The van der Waals surface area contributed by atoms with Gasteiger partial charge in [-0.2, -0.15) is 22.0 Å². The molecule has 110 valence electrons. The number of carbonyl (C=O) groups is 2. The van der Waals surface area contributed by atoms with Crippen LogP contribution in [0.5, 0.6) is 0 Å². The molecule has 0 aliphatic carbocycles. The molecule has 0 radical (unpaired) electrons. The van der Waals surface area contributed by atoms with Crippen LogP contribution in [-0.4, -0.2) is 23.9 Å². The molecule has 4 N–H and O–H groups in total. The van der Waals surface area contributed by atoms with E-state index in [0.717, 1.165) is 18.2 Å². The summed E-state index contributed by atoms with van der Waals surface area (Å²) in [6.45, 7) is 0. The van der Waals surface area contributed by atoms with Gasteiger partial charge in [-0.1, -0.05) is 6.07 Å². The Morgan fingerprint density at radius 3 is 1.65 bits per heavy atom. The first-order valence-electron chi connectivity index (χ1n) is 5.13. The molecule has 0 saturated heterocycles. The predicted molar refractivity (Wildman–Crippen MR) is 58.2 cm³/mol. The van der Waals surface area contributed by atoms with Gasteiger partial charge in [-0.3, -0.25) is 9.59 Å². The lowest BCUT2D eigenvalue weighted by molar-refractivity contribution is -0.281. The number of amides is 2. The smallest absolute Gasteiger partial charge is 0.366 e. The van der Waals surface area contributed by atoms with Gasteiger partial charge >= 0.3 is 12.1 Å². The van der Waals surface area contributed by atoms with Crippen LogP contribution in [0.3, 0.4) is 0 Å². The van der Waals surface area contributed by atoms with Crippen LogP contribution in [0.1, 0.15) is 26.3 Å². The Morgan fingerprint density at radius 1 is 0.950 bits per heavy atom. The fourth-order valence-electron chi connectivity index (χ4n) is 1.56. The summed E-state index contributed by atoms with van der Waals surface area (Å²) in [5.74, 6) is -7.59. The fraction of sp³-hybridized carbons (Fsp3) is 0.273. The van der Waals surface area contributed by atoms with E-state index >= 15 is 0 Å².